The van der Waals surface area contributed by atoms with E-state index < -0.39 is 3.79 Å². The Labute approximate surface area is 63.7 Å². The molecule has 0 aromatic carbocycles. The second-order valence-corrected chi connectivity index (χ2v) is 3.07. The van der Waals surface area contributed by atoms with Gasteiger partial charge in [0.1, 0.15) is 0 Å². The number of halogens is 1. The maximum absolute atomic E-state index is 5.00. The molecule has 8 heavy (non-hydrogen) atoms. The molecule has 0 radical (unpaired) electrons. The fraction of sp³-hybridized carbons (Fsp3) is 1.00. The number of rotatable bonds is 3. The Hall–Kier alpha value is 0.650. The van der Waals surface area contributed by atoms with E-state index in [1.807, 2.05) is 6.92 Å². The molecule has 0 unspecified atom stereocenters. The summed E-state index contributed by atoms with van der Waals surface area (Å²) in [6, 6.07) is 0. The third-order valence-electron chi connectivity index (χ3n) is 1.03. The quantitative estimate of drug-likeness (QED) is 0.418. The summed E-state index contributed by atoms with van der Waals surface area (Å²) in [5.41, 5.74) is 0. The van der Waals surface area contributed by atoms with Gasteiger partial charge in [0.25, 0.3) is 0 Å². The highest BCUT2D eigenvalue weighted by molar-refractivity contribution is 14.1. The lowest BCUT2D eigenvalue weighted by Gasteiger charge is -2.21. The molecule has 0 fully saturated rings. The van der Waals surface area contributed by atoms with Crippen LogP contribution in [0.1, 0.15) is 13.3 Å². The van der Waals surface area contributed by atoms with Crippen molar-refractivity contribution in [2.45, 2.75) is 17.1 Å². The molecule has 0 bridgehead atoms. The third-order valence-corrected chi connectivity index (χ3v) is 2.68. The van der Waals surface area contributed by atoms with Gasteiger partial charge in [0.2, 0.25) is 3.79 Å². The molecular weight excluding hydrogens is 219 g/mol. The standard InChI is InChI=1S/C5H11IO2/c1-4-5(6,7-2)8-3/h4H2,1-3H3. The molecule has 0 aromatic rings. The van der Waals surface area contributed by atoms with E-state index in [1.165, 1.54) is 0 Å². The van der Waals surface area contributed by atoms with Crippen LogP contribution < -0.4 is 0 Å². The summed E-state index contributed by atoms with van der Waals surface area (Å²) in [6.45, 7) is 2.01. The van der Waals surface area contributed by atoms with E-state index in [4.69, 9.17) is 9.47 Å². The van der Waals surface area contributed by atoms with Gasteiger partial charge in [-0.05, 0) is 22.6 Å². The van der Waals surface area contributed by atoms with Crippen molar-refractivity contribution in [2.75, 3.05) is 14.2 Å². The van der Waals surface area contributed by atoms with Crippen LogP contribution in [0.3, 0.4) is 0 Å². The first-order valence-corrected chi connectivity index (χ1v) is 3.55. The number of alkyl halides is 1. The molecule has 0 N–H and O–H groups in total. The van der Waals surface area contributed by atoms with Crippen LogP contribution in [0.5, 0.6) is 0 Å². The molecule has 0 saturated carbocycles. The third kappa shape index (κ3) is 2.28. The van der Waals surface area contributed by atoms with E-state index in [2.05, 4.69) is 22.6 Å². The zero-order valence-corrected chi connectivity index (χ0v) is 7.56. The van der Waals surface area contributed by atoms with E-state index in [0.29, 0.717) is 0 Å². The number of ether oxygens (including phenoxy) is 2. The summed E-state index contributed by atoms with van der Waals surface area (Å²) in [4.78, 5) is 0. The molecule has 0 aliphatic carbocycles. The minimum Gasteiger partial charge on any atom is -0.345 e. The van der Waals surface area contributed by atoms with E-state index in [9.17, 15) is 0 Å². The lowest BCUT2D eigenvalue weighted by Crippen LogP contribution is -2.23. The summed E-state index contributed by atoms with van der Waals surface area (Å²) in [7, 11) is 3.28. The van der Waals surface area contributed by atoms with Crippen LogP contribution in [0.15, 0.2) is 0 Å². The molecule has 0 saturated heterocycles. The first kappa shape index (κ1) is 8.65. The van der Waals surface area contributed by atoms with Crippen LogP contribution >= 0.6 is 22.6 Å². The summed E-state index contributed by atoms with van der Waals surface area (Å²) in [5.74, 6) is 0. The van der Waals surface area contributed by atoms with Crippen molar-refractivity contribution in [3.05, 3.63) is 0 Å². The molecule has 0 rings (SSSR count). The van der Waals surface area contributed by atoms with E-state index in [1.54, 1.807) is 14.2 Å². The van der Waals surface area contributed by atoms with Gasteiger partial charge in [0, 0.05) is 20.6 Å². The normalized spacial score (nSPS) is 12.0. The molecule has 0 aliphatic rings. The molecule has 0 atom stereocenters. The van der Waals surface area contributed by atoms with E-state index in [0.717, 1.165) is 6.42 Å². The molecule has 0 aliphatic heterocycles. The van der Waals surface area contributed by atoms with Crippen molar-refractivity contribution in [1.29, 1.82) is 0 Å². The molecule has 50 valence electrons. The van der Waals surface area contributed by atoms with Gasteiger partial charge in [0.15, 0.2) is 0 Å². The highest BCUT2D eigenvalue weighted by Crippen LogP contribution is 2.23. The number of hydrogen-bond acceptors (Lipinski definition) is 2. The van der Waals surface area contributed by atoms with Gasteiger partial charge in [-0.2, -0.15) is 0 Å². The van der Waals surface area contributed by atoms with Crippen molar-refractivity contribution in [3.63, 3.8) is 0 Å². The van der Waals surface area contributed by atoms with E-state index in [-0.39, 0.29) is 0 Å². The highest BCUT2D eigenvalue weighted by Gasteiger charge is 2.21. The maximum atomic E-state index is 5.00. The van der Waals surface area contributed by atoms with Crippen LogP contribution in [0.25, 0.3) is 0 Å². The lowest BCUT2D eigenvalue weighted by atomic mass is 10.5. The zero-order valence-electron chi connectivity index (χ0n) is 5.40. The predicted octanol–water partition coefficient (Wildman–Crippen LogP) is 1.78. The first-order valence-electron chi connectivity index (χ1n) is 2.47. The largest absolute Gasteiger partial charge is 0.345 e. The smallest absolute Gasteiger partial charge is 0.220 e. The van der Waals surface area contributed by atoms with Crippen LogP contribution in [-0.4, -0.2) is 18.0 Å². The Morgan fingerprint density at radius 2 is 1.75 bits per heavy atom. The summed E-state index contributed by atoms with van der Waals surface area (Å²) in [5, 5.41) is 0. The predicted molar refractivity (Wildman–Crippen MR) is 41.1 cm³/mol. The Balaban J connectivity index is 3.58. The SMILES string of the molecule is CCC(I)(OC)OC. The molecule has 0 spiro atoms. The molecule has 0 amide bonds. The fourth-order valence-electron chi connectivity index (χ4n) is 0.372. The average Bonchev–Trinajstić information content (AvgIpc) is 1.87. The summed E-state index contributed by atoms with van der Waals surface area (Å²) < 4.78 is 9.60. The second kappa shape index (κ2) is 3.63. The van der Waals surface area contributed by atoms with Crippen LogP contribution in [0.2, 0.25) is 0 Å². The molecule has 2 nitrogen and oxygen atoms in total. The van der Waals surface area contributed by atoms with Crippen molar-refractivity contribution in [1.82, 2.24) is 0 Å². The average molecular weight is 230 g/mol. The fourth-order valence-corrected chi connectivity index (χ4v) is 0.372. The van der Waals surface area contributed by atoms with Gasteiger partial charge >= 0.3 is 0 Å². The van der Waals surface area contributed by atoms with Gasteiger partial charge in [0.05, 0.1) is 0 Å². The highest BCUT2D eigenvalue weighted by atomic mass is 127. The van der Waals surface area contributed by atoms with Crippen LogP contribution in [0.4, 0.5) is 0 Å². The molecule has 0 heterocycles. The molecular formula is C5H11IO2. The summed E-state index contributed by atoms with van der Waals surface area (Å²) >= 11 is 2.12. The van der Waals surface area contributed by atoms with Gasteiger partial charge in [-0.3, -0.25) is 0 Å². The van der Waals surface area contributed by atoms with Crippen LogP contribution in [0, 0.1) is 0 Å². The minimum absolute atomic E-state index is 0.405. The van der Waals surface area contributed by atoms with Gasteiger partial charge in [-0.15, -0.1) is 0 Å². The van der Waals surface area contributed by atoms with Gasteiger partial charge in [-0.1, -0.05) is 6.92 Å². The maximum Gasteiger partial charge on any atom is 0.220 e. The zero-order chi connectivity index (χ0) is 6.62. The van der Waals surface area contributed by atoms with Crippen molar-refractivity contribution in [3.8, 4) is 0 Å². The summed E-state index contributed by atoms with van der Waals surface area (Å²) in [6.07, 6.45) is 0.862. The Kier molecular flexibility index (Phi) is 3.93. The number of methoxy groups -OCH3 is 2. The Morgan fingerprint density at radius 1 is 1.38 bits per heavy atom. The van der Waals surface area contributed by atoms with Gasteiger partial charge in [-0.25, -0.2) is 0 Å². The van der Waals surface area contributed by atoms with Crippen molar-refractivity contribution < 1.29 is 9.47 Å². The topological polar surface area (TPSA) is 18.5 Å². The van der Waals surface area contributed by atoms with Crippen molar-refractivity contribution in [2.24, 2.45) is 0 Å². The second-order valence-electron chi connectivity index (χ2n) is 1.42. The molecule has 0 aromatic heterocycles. The molecule has 3 heteroatoms. The number of hydrogen-bond donors (Lipinski definition) is 0. The Bertz CT molecular complexity index is 53.2. The van der Waals surface area contributed by atoms with Gasteiger partial charge < -0.3 is 9.47 Å². The van der Waals surface area contributed by atoms with Crippen LogP contribution in [-0.2, 0) is 9.47 Å². The lowest BCUT2D eigenvalue weighted by molar-refractivity contribution is -0.119. The monoisotopic (exact) mass is 230 g/mol. The van der Waals surface area contributed by atoms with Crippen molar-refractivity contribution >= 4 is 22.6 Å². The minimum atomic E-state index is -0.405. The first-order chi connectivity index (χ1) is 3.68. The Morgan fingerprint density at radius 3 is 1.75 bits per heavy atom. The van der Waals surface area contributed by atoms with E-state index >= 15 is 0 Å².